The molecule has 1 amide bonds. The van der Waals surface area contributed by atoms with Gasteiger partial charge in [-0.25, -0.2) is 14.6 Å². The van der Waals surface area contributed by atoms with Crippen LogP contribution in [0.3, 0.4) is 0 Å². The van der Waals surface area contributed by atoms with Crippen molar-refractivity contribution in [2.45, 2.75) is 33.6 Å². The SMILES string of the molecule is Cc1nn(-c2ccccc2)c2nc(CC(C)C)nc(N3CCCN(C(=O)c4ccco4)CC3)c12. The van der Waals surface area contributed by atoms with Crippen LogP contribution < -0.4 is 4.90 Å². The molecule has 0 aliphatic carbocycles. The first kappa shape index (κ1) is 22.1. The maximum absolute atomic E-state index is 12.8. The summed E-state index contributed by atoms with van der Waals surface area (Å²) in [4.78, 5) is 27.0. The standard InChI is InChI=1S/C26H30N6O2/c1-18(2)17-22-27-24(23-19(3)29-32(25(23)28-22)20-9-5-4-6-10-20)30-12-8-13-31(15-14-30)26(33)21-11-7-16-34-21/h4-7,9-11,16,18H,8,12-15,17H2,1-3H3. The molecule has 8 nitrogen and oxygen atoms in total. The van der Waals surface area contributed by atoms with Crippen LogP contribution in [-0.2, 0) is 6.42 Å². The van der Waals surface area contributed by atoms with Crippen molar-refractivity contribution in [2.24, 2.45) is 5.92 Å². The molecule has 0 radical (unpaired) electrons. The fourth-order valence-corrected chi connectivity index (χ4v) is 4.53. The molecule has 0 N–H and O–H groups in total. The third kappa shape index (κ3) is 4.27. The molecule has 1 saturated heterocycles. The number of para-hydroxylation sites is 1. The number of carbonyl (C=O) groups is 1. The van der Waals surface area contributed by atoms with Crippen LogP contribution in [0, 0.1) is 12.8 Å². The summed E-state index contributed by atoms with van der Waals surface area (Å²) in [5.41, 5.74) is 2.71. The van der Waals surface area contributed by atoms with Crippen LogP contribution in [0.4, 0.5) is 5.82 Å². The third-order valence-electron chi connectivity index (χ3n) is 6.14. The predicted octanol–water partition coefficient (Wildman–Crippen LogP) is 4.27. The molecule has 0 atom stereocenters. The van der Waals surface area contributed by atoms with Crippen molar-refractivity contribution in [3.8, 4) is 5.69 Å². The highest BCUT2D eigenvalue weighted by Crippen LogP contribution is 2.30. The Labute approximate surface area is 199 Å². The number of hydrogen-bond donors (Lipinski definition) is 0. The molecule has 8 heteroatoms. The van der Waals surface area contributed by atoms with Crippen molar-refractivity contribution < 1.29 is 9.21 Å². The molecule has 0 saturated carbocycles. The molecule has 4 heterocycles. The zero-order chi connectivity index (χ0) is 23.7. The summed E-state index contributed by atoms with van der Waals surface area (Å²) in [6, 6.07) is 13.6. The number of carbonyl (C=O) groups excluding carboxylic acids is 1. The van der Waals surface area contributed by atoms with E-state index in [0.29, 0.717) is 31.3 Å². The molecular weight excluding hydrogens is 428 g/mol. The second-order valence-electron chi connectivity index (χ2n) is 9.20. The van der Waals surface area contributed by atoms with Crippen LogP contribution in [-0.4, -0.2) is 56.7 Å². The predicted molar refractivity (Wildman–Crippen MR) is 131 cm³/mol. The van der Waals surface area contributed by atoms with Gasteiger partial charge in [-0.3, -0.25) is 4.79 Å². The Morgan fingerprint density at radius 3 is 2.59 bits per heavy atom. The second kappa shape index (κ2) is 9.29. The summed E-state index contributed by atoms with van der Waals surface area (Å²) < 4.78 is 7.26. The highest BCUT2D eigenvalue weighted by Gasteiger charge is 2.26. The summed E-state index contributed by atoms with van der Waals surface area (Å²) >= 11 is 0. The summed E-state index contributed by atoms with van der Waals surface area (Å²) in [7, 11) is 0. The van der Waals surface area contributed by atoms with Gasteiger partial charge in [0.05, 0.1) is 23.0 Å². The lowest BCUT2D eigenvalue weighted by atomic mass is 10.1. The number of anilines is 1. The first-order valence-corrected chi connectivity index (χ1v) is 11.9. The lowest BCUT2D eigenvalue weighted by molar-refractivity contribution is 0.0735. The van der Waals surface area contributed by atoms with Gasteiger partial charge in [0.2, 0.25) is 0 Å². The Hall–Kier alpha value is -3.68. The fraction of sp³-hybridized carbons (Fsp3) is 0.385. The average molecular weight is 459 g/mol. The van der Waals surface area contributed by atoms with Crippen molar-refractivity contribution >= 4 is 22.8 Å². The van der Waals surface area contributed by atoms with E-state index in [2.05, 4.69) is 18.7 Å². The maximum atomic E-state index is 12.8. The number of hydrogen-bond acceptors (Lipinski definition) is 6. The van der Waals surface area contributed by atoms with Gasteiger partial charge in [-0.2, -0.15) is 5.10 Å². The van der Waals surface area contributed by atoms with Crippen molar-refractivity contribution in [1.29, 1.82) is 0 Å². The smallest absolute Gasteiger partial charge is 0.289 e. The number of aryl methyl sites for hydroxylation is 1. The number of amides is 1. The maximum Gasteiger partial charge on any atom is 0.289 e. The summed E-state index contributed by atoms with van der Waals surface area (Å²) in [5, 5.41) is 5.82. The van der Waals surface area contributed by atoms with Gasteiger partial charge in [0.15, 0.2) is 11.4 Å². The molecule has 1 aromatic carbocycles. The van der Waals surface area contributed by atoms with Gasteiger partial charge in [-0.05, 0) is 43.5 Å². The van der Waals surface area contributed by atoms with Crippen molar-refractivity contribution in [2.75, 3.05) is 31.1 Å². The third-order valence-corrected chi connectivity index (χ3v) is 6.14. The number of furan rings is 1. The molecule has 1 aliphatic heterocycles. The number of benzene rings is 1. The number of aromatic nitrogens is 4. The molecule has 1 aliphatic rings. The zero-order valence-corrected chi connectivity index (χ0v) is 19.9. The Morgan fingerprint density at radius 2 is 1.85 bits per heavy atom. The highest BCUT2D eigenvalue weighted by molar-refractivity contribution is 5.92. The largest absolute Gasteiger partial charge is 0.459 e. The number of fused-ring (bicyclic) bond motifs is 1. The van der Waals surface area contributed by atoms with E-state index >= 15 is 0 Å². The summed E-state index contributed by atoms with van der Waals surface area (Å²) in [5.74, 6) is 2.49. The van der Waals surface area contributed by atoms with Crippen LogP contribution in [0.25, 0.3) is 16.7 Å². The molecule has 1 fully saturated rings. The van der Waals surface area contributed by atoms with E-state index in [1.807, 2.05) is 46.8 Å². The van der Waals surface area contributed by atoms with E-state index in [9.17, 15) is 4.79 Å². The molecule has 5 rings (SSSR count). The van der Waals surface area contributed by atoms with Crippen molar-refractivity contribution in [1.82, 2.24) is 24.6 Å². The minimum Gasteiger partial charge on any atom is -0.459 e. The van der Waals surface area contributed by atoms with Gasteiger partial charge in [0, 0.05) is 32.6 Å². The normalized spacial score (nSPS) is 14.7. The Kier molecular flexibility index (Phi) is 6.04. The van der Waals surface area contributed by atoms with E-state index in [0.717, 1.165) is 53.4 Å². The second-order valence-corrected chi connectivity index (χ2v) is 9.20. The van der Waals surface area contributed by atoms with Gasteiger partial charge < -0.3 is 14.2 Å². The minimum atomic E-state index is -0.0618. The Morgan fingerprint density at radius 1 is 1.03 bits per heavy atom. The van der Waals surface area contributed by atoms with Crippen LogP contribution >= 0.6 is 0 Å². The van der Waals surface area contributed by atoms with Gasteiger partial charge >= 0.3 is 0 Å². The fourth-order valence-electron chi connectivity index (χ4n) is 4.53. The van der Waals surface area contributed by atoms with Crippen LogP contribution in [0.1, 0.15) is 42.3 Å². The first-order valence-electron chi connectivity index (χ1n) is 11.9. The number of rotatable bonds is 5. The first-order chi connectivity index (χ1) is 16.5. The molecule has 3 aromatic heterocycles. The minimum absolute atomic E-state index is 0.0618. The topological polar surface area (TPSA) is 80.3 Å². The Bertz CT molecular complexity index is 1280. The van der Waals surface area contributed by atoms with Crippen molar-refractivity contribution in [3.63, 3.8) is 0 Å². The lowest BCUT2D eigenvalue weighted by Gasteiger charge is -2.24. The molecule has 0 bridgehead atoms. The summed E-state index contributed by atoms with van der Waals surface area (Å²) in [6.07, 6.45) is 3.18. The highest BCUT2D eigenvalue weighted by atomic mass is 16.3. The summed E-state index contributed by atoms with van der Waals surface area (Å²) in [6.45, 7) is 9.16. The van der Waals surface area contributed by atoms with E-state index in [1.54, 1.807) is 18.4 Å². The van der Waals surface area contributed by atoms with Gasteiger partial charge in [0.1, 0.15) is 11.6 Å². The monoisotopic (exact) mass is 458 g/mol. The molecule has 34 heavy (non-hydrogen) atoms. The Balaban J connectivity index is 1.53. The van der Waals surface area contributed by atoms with Gasteiger partial charge in [-0.1, -0.05) is 32.0 Å². The van der Waals surface area contributed by atoms with Crippen LogP contribution in [0.15, 0.2) is 53.1 Å². The molecule has 4 aromatic rings. The number of nitrogens with zero attached hydrogens (tertiary/aromatic N) is 6. The van der Waals surface area contributed by atoms with Crippen LogP contribution in [0.5, 0.6) is 0 Å². The van der Waals surface area contributed by atoms with E-state index in [4.69, 9.17) is 19.5 Å². The molecule has 0 spiro atoms. The molecule has 176 valence electrons. The van der Waals surface area contributed by atoms with Gasteiger partial charge in [-0.15, -0.1) is 0 Å². The molecular formula is C26H30N6O2. The lowest BCUT2D eigenvalue weighted by Crippen LogP contribution is -2.35. The molecule has 0 unspecified atom stereocenters. The quantitative estimate of drug-likeness (QED) is 0.444. The van der Waals surface area contributed by atoms with E-state index < -0.39 is 0 Å². The van der Waals surface area contributed by atoms with Crippen molar-refractivity contribution in [3.05, 3.63) is 66.0 Å². The van der Waals surface area contributed by atoms with Crippen LogP contribution in [0.2, 0.25) is 0 Å². The van der Waals surface area contributed by atoms with E-state index in [1.165, 1.54) is 0 Å². The zero-order valence-electron chi connectivity index (χ0n) is 19.9. The average Bonchev–Trinajstić information content (AvgIpc) is 3.40. The van der Waals surface area contributed by atoms with E-state index in [-0.39, 0.29) is 5.91 Å². The van der Waals surface area contributed by atoms with Gasteiger partial charge in [0.25, 0.3) is 5.91 Å².